The van der Waals surface area contributed by atoms with Gasteiger partial charge in [-0.1, -0.05) is 13.5 Å². The van der Waals surface area contributed by atoms with Crippen LogP contribution in [0.4, 0.5) is 55.4 Å². The van der Waals surface area contributed by atoms with E-state index < -0.39 is 110 Å². The fourth-order valence-corrected chi connectivity index (χ4v) is 8.93. The van der Waals surface area contributed by atoms with Gasteiger partial charge in [0.1, 0.15) is 11.3 Å². The largest absolute Gasteiger partial charge is 0.463 e. The second-order valence-corrected chi connectivity index (χ2v) is 14.8. The number of alkyl halides is 8. The lowest BCUT2D eigenvalue weighted by Crippen LogP contribution is -2.58. The maximum atomic E-state index is 17.2. The van der Waals surface area contributed by atoms with Gasteiger partial charge >= 0.3 is 18.4 Å². The highest BCUT2D eigenvalue weighted by Gasteiger charge is 2.50. The molecule has 3 saturated heterocycles. The van der Waals surface area contributed by atoms with Crippen molar-refractivity contribution in [3.05, 3.63) is 46.5 Å². The molecule has 3 aromatic rings. The number of halogens is 10. The van der Waals surface area contributed by atoms with Crippen molar-refractivity contribution in [1.29, 1.82) is 0 Å². The number of nitrogens with two attached hydrogens (primary N) is 1. The van der Waals surface area contributed by atoms with Gasteiger partial charge in [-0.3, -0.25) is 0 Å². The number of fused-ring (bicyclic) bond motifs is 5. The normalized spacial score (nSPS) is 26.7. The second kappa shape index (κ2) is 12.4. The summed E-state index contributed by atoms with van der Waals surface area (Å²) in [6, 6.07) is -0.907. The molecule has 282 valence electrons. The Morgan fingerprint density at radius 3 is 2.35 bits per heavy atom. The van der Waals surface area contributed by atoms with Gasteiger partial charge in [0.2, 0.25) is 6.43 Å². The Hall–Kier alpha value is -3.86. The third-order valence-electron chi connectivity index (χ3n) is 11.2. The predicted octanol–water partition coefficient (Wildman–Crippen LogP) is 7.83. The van der Waals surface area contributed by atoms with Gasteiger partial charge in [-0.2, -0.15) is 36.3 Å². The molecule has 3 fully saturated rings. The van der Waals surface area contributed by atoms with E-state index in [0.29, 0.717) is 19.0 Å². The summed E-state index contributed by atoms with van der Waals surface area (Å²) in [5.74, 6) is -5.09. The zero-order chi connectivity index (χ0) is 37.8. The van der Waals surface area contributed by atoms with Gasteiger partial charge < -0.3 is 25.6 Å². The van der Waals surface area contributed by atoms with Crippen molar-refractivity contribution in [1.82, 2.24) is 20.2 Å². The van der Waals surface area contributed by atoms with Crippen LogP contribution in [0.15, 0.2) is 12.6 Å². The van der Waals surface area contributed by atoms with Crippen LogP contribution in [-0.2, 0) is 12.4 Å². The van der Waals surface area contributed by atoms with E-state index in [1.165, 1.54) is 0 Å². The number of aromatic nitrogens is 2. The van der Waals surface area contributed by atoms with Crippen LogP contribution in [0.1, 0.15) is 54.9 Å². The third-order valence-corrected chi connectivity index (χ3v) is 11.2. The van der Waals surface area contributed by atoms with Gasteiger partial charge in [-0.15, -0.1) is 0 Å². The summed E-state index contributed by atoms with van der Waals surface area (Å²) in [6.07, 6.45) is -12.3. The first kappa shape index (κ1) is 36.5. The van der Waals surface area contributed by atoms with E-state index in [0.717, 1.165) is 13.3 Å². The van der Waals surface area contributed by atoms with Crippen molar-refractivity contribution in [3.63, 3.8) is 0 Å². The summed E-state index contributed by atoms with van der Waals surface area (Å²) in [7, 11) is 1.74. The van der Waals surface area contributed by atoms with E-state index in [4.69, 9.17) is 10.5 Å². The Bertz CT molecular complexity index is 1970. The van der Waals surface area contributed by atoms with Crippen molar-refractivity contribution in [2.45, 2.75) is 76.4 Å². The minimum atomic E-state index is -5.54. The van der Waals surface area contributed by atoms with Crippen molar-refractivity contribution >= 4 is 28.0 Å². The maximum Gasteiger partial charge on any atom is 0.417 e. The van der Waals surface area contributed by atoms with Crippen LogP contribution in [0.25, 0.3) is 27.6 Å². The SMILES string of the molecule is C=C1C[C@@H]2C3CC[C@H](CN2c2nc(OC[C@]4(C)CN(C)CC[C@@H]4C(F)F)nc4c(F)c(-c5c(F)c(N)cc(C)c5C(F)(F)F)c(C(F)(F)F)c1c24)N3. The molecule has 0 aliphatic carbocycles. The van der Waals surface area contributed by atoms with E-state index in [-0.39, 0.29) is 49.4 Å². The first-order valence-corrected chi connectivity index (χ1v) is 16.8. The van der Waals surface area contributed by atoms with Crippen LogP contribution in [0.2, 0.25) is 0 Å². The first-order valence-electron chi connectivity index (χ1n) is 16.8. The summed E-state index contributed by atoms with van der Waals surface area (Å²) in [4.78, 5) is 12.2. The molecular weight excluding hydrogens is 710 g/mol. The smallest absolute Gasteiger partial charge is 0.417 e. The number of rotatable bonds is 5. The molecule has 1 aromatic heterocycles. The molecule has 0 saturated carbocycles. The molecule has 0 spiro atoms. The van der Waals surface area contributed by atoms with Crippen LogP contribution >= 0.6 is 0 Å². The lowest BCUT2D eigenvalue weighted by Gasteiger charge is -2.44. The Balaban J connectivity index is 1.55. The van der Waals surface area contributed by atoms with Crippen LogP contribution in [0, 0.1) is 29.9 Å². The highest BCUT2D eigenvalue weighted by Crippen LogP contribution is 2.54. The topological polar surface area (TPSA) is 79.5 Å². The fraction of sp³-hybridized carbons (Fsp3) is 0.543. The number of nitrogens with one attached hydrogen (secondary N) is 1. The minimum Gasteiger partial charge on any atom is -0.463 e. The van der Waals surface area contributed by atoms with E-state index in [1.807, 2.05) is 4.90 Å². The molecule has 0 radical (unpaired) electrons. The Morgan fingerprint density at radius 1 is 1.02 bits per heavy atom. The van der Waals surface area contributed by atoms with Crippen molar-refractivity contribution in [2.24, 2.45) is 11.3 Å². The van der Waals surface area contributed by atoms with Crippen LogP contribution in [0.3, 0.4) is 0 Å². The number of aryl methyl sites for hydroxylation is 1. The van der Waals surface area contributed by atoms with Crippen molar-refractivity contribution in [2.75, 3.05) is 43.9 Å². The molecule has 2 bridgehead atoms. The van der Waals surface area contributed by atoms with E-state index in [1.54, 1.807) is 18.9 Å². The molecule has 0 amide bonds. The number of hydrogen-bond donors (Lipinski definition) is 2. The van der Waals surface area contributed by atoms with Gasteiger partial charge in [0, 0.05) is 59.2 Å². The molecule has 7 rings (SSSR count). The third kappa shape index (κ3) is 5.82. The molecule has 5 atom stereocenters. The molecular formula is C35H36F10N6O. The molecule has 2 aromatic carbocycles. The van der Waals surface area contributed by atoms with Crippen LogP contribution in [-0.4, -0.2) is 72.7 Å². The molecule has 5 heterocycles. The average molecular weight is 747 g/mol. The maximum absolute atomic E-state index is 17.2. The lowest BCUT2D eigenvalue weighted by atomic mass is 9.73. The van der Waals surface area contributed by atoms with Crippen molar-refractivity contribution < 1.29 is 48.6 Å². The number of likely N-dealkylation sites (tertiary alicyclic amines) is 1. The second-order valence-electron chi connectivity index (χ2n) is 14.8. The number of anilines is 2. The molecule has 17 heteroatoms. The number of piperazine rings is 1. The van der Waals surface area contributed by atoms with Crippen LogP contribution < -0.4 is 20.7 Å². The summed E-state index contributed by atoms with van der Waals surface area (Å²) in [5, 5.41) is 2.95. The number of benzene rings is 2. The molecule has 4 aliphatic rings. The molecule has 3 N–H and O–H groups in total. The molecule has 7 nitrogen and oxygen atoms in total. The number of hydrogen-bond acceptors (Lipinski definition) is 7. The standard InChI is InChI=1S/C35H36F10N6O/c1-14-10-20-19-6-5-16(47-19)11-51(20)31-24-21(14)26(35(43,44)45)23(22-25(34(40,41)42)15(2)9-18(46)27(22)36)28(37)29(24)48-32(49-31)52-13-33(3)12-50(4)8-7-17(33)30(38)39/h9,16-17,19-20,30,47H,1,5-8,10-13,46H2,2-4H3/t16-,17-,19?,20-,33+/m1/s1. The Labute approximate surface area is 292 Å². The summed E-state index contributed by atoms with van der Waals surface area (Å²) < 4.78 is 158. The van der Waals surface area contributed by atoms with Gasteiger partial charge in [-0.25, -0.2) is 17.6 Å². The van der Waals surface area contributed by atoms with E-state index in [9.17, 15) is 22.0 Å². The summed E-state index contributed by atoms with van der Waals surface area (Å²) in [6.45, 7) is 6.78. The van der Waals surface area contributed by atoms with E-state index in [2.05, 4.69) is 21.9 Å². The fourth-order valence-electron chi connectivity index (χ4n) is 8.93. The lowest BCUT2D eigenvalue weighted by molar-refractivity contribution is -0.139. The predicted molar refractivity (Wildman–Crippen MR) is 174 cm³/mol. The highest BCUT2D eigenvalue weighted by atomic mass is 19.4. The van der Waals surface area contributed by atoms with Gasteiger partial charge in [0.05, 0.1) is 28.8 Å². The number of nitrogens with zero attached hydrogens (tertiary/aromatic N) is 4. The number of nitrogen functional groups attached to an aromatic ring is 1. The zero-order valence-electron chi connectivity index (χ0n) is 28.4. The first-order chi connectivity index (χ1) is 24.2. The highest BCUT2D eigenvalue weighted by molar-refractivity contribution is 6.06. The quantitative estimate of drug-likeness (QED) is 0.204. The average Bonchev–Trinajstić information content (AvgIpc) is 3.38. The molecule has 4 aliphatic heterocycles. The van der Waals surface area contributed by atoms with E-state index >= 15 is 22.0 Å². The Kier molecular flexibility index (Phi) is 8.67. The molecule has 52 heavy (non-hydrogen) atoms. The van der Waals surface area contributed by atoms with Crippen molar-refractivity contribution in [3.8, 4) is 17.1 Å². The number of ether oxygens (including phenoxy) is 1. The molecule has 1 unspecified atom stereocenters. The number of piperidine rings is 1. The summed E-state index contributed by atoms with van der Waals surface area (Å²) >= 11 is 0. The Morgan fingerprint density at radius 2 is 1.69 bits per heavy atom. The monoisotopic (exact) mass is 746 g/mol. The zero-order valence-corrected chi connectivity index (χ0v) is 28.4. The van der Waals surface area contributed by atoms with Gasteiger partial charge in [0.25, 0.3) is 0 Å². The van der Waals surface area contributed by atoms with Gasteiger partial charge in [-0.05, 0) is 63.4 Å². The van der Waals surface area contributed by atoms with Gasteiger partial charge in [0.15, 0.2) is 11.6 Å². The minimum absolute atomic E-state index is 0.112. The summed E-state index contributed by atoms with van der Waals surface area (Å²) in [5.41, 5.74) is -6.14. The van der Waals surface area contributed by atoms with Crippen LogP contribution in [0.5, 0.6) is 6.01 Å².